The van der Waals surface area contributed by atoms with Crippen LogP contribution in [0.25, 0.3) is 44.5 Å². The van der Waals surface area contributed by atoms with Crippen LogP contribution in [0.1, 0.15) is 98.5 Å². The highest BCUT2D eigenvalue weighted by Crippen LogP contribution is 2.61. The zero-order valence-corrected chi connectivity index (χ0v) is 39.1. The van der Waals surface area contributed by atoms with E-state index in [-0.39, 0.29) is 10.8 Å². The van der Waals surface area contributed by atoms with Crippen molar-refractivity contribution >= 4 is 17.1 Å². The molecule has 1 aliphatic heterocycles. The van der Waals surface area contributed by atoms with E-state index in [0.29, 0.717) is 0 Å². The van der Waals surface area contributed by atoms with E-state index in [2.05, 4.69) is 260 Å². The SMILES string of the molecule is CC(C)(C)c1ccc2c(c1)C1(c3ccc(-c4ccccc4)cc3)c3ccccc3-c3ccc(cc31)N(c1ccc3c(c1)C(C)(C)c1ccccc1-3)c1ccc(-c3ccccc3)c(c1)C2(C)C. The van der Waals surface area contributed by atoms with Gasteiger partial charge < -0.3 is 4.90 Å². The van der Waals surface area contributed by atoms with Crippen molar-refractivity contribution in [3.05, 3.63) is 256 Å². The third-order valence-corrected chi connectivity index (χ3v) is 15.5. The van der Waals surface area contributed by atoms with Crippen LogP contribution in [-0.2, 0) is 21.7 Å². The first-order valence-corrected chi connectivity index (χ1v) is 23.7. The van der Waals surface area contributed by atoms with E-state index >= 15 is 0 Å². The fourth-order valence-electron chi connectivity index (χ4n) is 12.1. The molecule has 2 aliphatic carbocycles. The lowest BCUT2D eigenvalue weighted by Crippen LogP contribution is -2.34. The van der Waals surface area contributed by atoms with Crippen molar-refractivity contribution in [2.24, 2.45) is 0 Å². The highest BCUT2D eigenvalue weighted by molar-refractivity contribution is 5.92. The molecule has 0 spiro atoms. The summed E-state index contributed by atoms with van der Waals surface area (Å²) in [6.45, 7) is 16.8. The number of nitrogens with zero attached hydrogens (tertiary/aromatic N) is 1. The van der Waals surface area contributed by atoms with Crippen LogP contribution in [0.3, 0.4) is 0 Å². The summed E-state index contributed by atoms with van der Waals surface area (Å²) in [7, 11) is 0. The second-order valence-electron chi connectivity index (χ2n) is 20.9. The Morgan fingerprint density at radius 2 is 0.773 bits per heavy atom. The lowest BCUT2D eigenvalue weighted by atomic mass is 9.61. The summed E-state index contributed by atoms with van der Waals surface area (Å²) in [6, 6.07) is 78.8. The average molecular weight is 850 g/mol. The molecule has 9 aromatic rings. The molecule has 0 amide bonds. The molecular weight excluding hydrogens is 795 g/mol. The first-order valence-electron chi connectivity index (χ1n) is 23.7. The molecule has 0 saturated carbocycles. The topological polar surface area (TPSA) is 3.24 Å². The number of fused-ring (bicyclic) bond motifs is 11. The highest BCUT2D eigenvalue weighted by Gasteiger charge is 2.50. The number of benzene rings is 9. The second-order valence-corrected chi connectivity index (χ2v) is 20.9. The summed E-state index contributed by atoms with van der Waals surface area (Å²) in [5.41, 5.74) is 24.2. The monoisotopic (exact) mass is 849 g/mol. The van der Waals surface area contributed by atoms with Crippen molar-refractivity contribution < 1.29 is 0 Å². The van der Waals surface area contributed by atoms with Gasteiger partial charge in [-0.2, -0.15) is 0 Å². The molecule has 1 nitrogen and oxygen atoms in total. The summed E-state index contributed by atoms with van der Waals surface area (Å²) >= 11 is 0. The van der Waals surface area contributed by atoms with Gasteiger partial charge in [-0.3, -0.25) is 0 Å². The van der Waals surface area contributed by atoms with Gasteiger partial charge in [-0.1, -0.05) is 218 Å². The summed E-state index contributed by atoms with van der Waals surface area (Å²) in [5.74, 6) is 0. The Morgan fingerprint density at radius 3 is 1.39 bits per heavy atom. The quantitative estimate of drug-likeness (QED) is 0.171. The van der Waals surface area contributed by atoms with E-state index in [1.54, 1.807) is 0 Å². The molecule has 0 saturated heterocycles. The van der Waals surface area contributed by atoms with Crippen molar-refractivity contribution in [3.63, 3.8) is 0 Å². The molecule has 1 heterocycles. The van der Waals surface area contributed by atoms with Crippen LogP contribution < -0.4 is 4.90 Å². The molecule has 0 N–H and O–H groups in total. The summed E-state index contributed by atoms with van der Waals surface area (Å²) in [4.78, 5) is 2.54. The van der Waals surface area contributed by atoms with Crippen LogP contribution in [0.15, 0.2) is 206 Å². The highest BCUT2D eigenvalue weighted by atomic mass is 15.1. The van der Waals surface area contributed by atoms with E-state index in [4.69, 9.17) is 0 Å². The standard InChI is InChI=1S/C65H55N/c1-62(2,3)46-30-37-57-61(38-46)65(45-28-26-43(27-29-45)42-18-10-8-11-19-42)56-25-17-15-23-52(56)54-36-33-49(41-60(54)65)66(47-31-34-50(44-20-12-9-13-21-44)58(39-47)64(57,6)7)48-32-35-53-51-22-14-16-24-55(51)63(4,5)59(53)40-48/h8-41H,1-7H3. The van der Waals surface area contributed by atoms with Crippen LogP contribution in [-0.4, -0.2) is 0 Å². The molecule has 0 aromatic heterocycles. The Kier molecular flexibility index (Phi) is 8.79. The molecule has 1 unspecified atom stereocenters. The van der Waals surface area contributed by atoms with Gasteiger partial charge >= 0.3 is 0 Å². The van der Waals surface area contributed by atoms with Gasteiger partial charge in [0, 0.05) is 27.9 Å². The van der Waals surface area contributed by atoms with Crippen molar-refractivity contribution in [2.75, 3.05) is 4.90 Å². The Morgan fingerprint density at radius 1 is 0.318 bits per heavy atom. The van der Waals surface area contributed by atoms with E-state index in [0.717, 1.165) is 17.1 Å². The van der Waals surface area contributed by atoms with E-state index in [9.17, 15) is 0 Å². The predicted molar refractivity (Wildman–Crippen MR) is 278 cm³/mol. The summed E-state index contributed by atoms with van der Waals surface area (Å²) in [6.07, 6.45) is 0. The van der Waals surface area contributed by atoms with Crippen LogP contribution in [0.5, 0.6) is 0 Å². The fourth-order valence-corrected chi connectivity index (χ4v) is 12.1. The Labute approximate surface area is 391 Å². The lowest BCUT2D eigenvalue weighted by Gasteiger charge is -2.40. The summed E-state index contributed by atoms with van der Waals surface area (Å²) < 4.78 is 0. The maximum absolute atomic E-state index is 2.59. The van der Waals surface area contributed by atoms with Crippen molar-refractivity contribution in [2.45, 2.75) is 70.1 Å². The average Bonchev–Trinajstić information content (AvgIpc) is 3.76. The van der Waals surface area contributed by atoms with E-state index < -0.39 is 10.8 Å². The third kappa shape index (κ3) is 5.78. The largest absolute Gasteiger partial charge is 0.310 e. The molecule has 0 fully saturated rings. The van der Waals surface area contributed by atoms with Gasteiger partial charge in [-0.15, -0.1) is 0 Å². The third-order valence-electron chi connectivity index (χ3n) is 15.5. The predicted octanol–water partition coefficient (Wildman–Crippen LogP) is 17.1. The minimum Gasteiger partial charge on any atom is -0.310 e. The zero-order valence-electron chi connectivity index (χ0n) is 39.1. The van der Waals surface area contributed by atoms with Gasteiger partial charge in [0.05, 0.1) is 5.41 Å². The Hall–Kier alpha value is -7.22. The first kappa shape index (κ1) is 40.3. The molecule has 1 heteroatoms. The zero-order chi connectivity index (χ0) is 45.2. The summed E-state index contributed by atoms with van der Waals surface area (Å²) in [5, 5.41) is 0. The van der Waals surface area contributed by atoms with Crippen LogP contribution in [0.4, 0.5) is 17.1 Å². The molecule has 12 rings (SSSR count). The van der Waals surface area contributed by atoms with Gasteiger partial charge in [0.25, 0.3) is 0 Å². The number of hydrogen-bond acceptors (Lipinski definition) is 1. The number of hydrogen-bond donors (Lipinski definition) is 0. The van der Waals surface area contributed by atoms with Crippen molar-refractivity contribution in [1.82, 2.24) is 0 Å². The minimum absolute atomic E-state index is 0.0839. The van der Waals surface area contributed by atoms with Gasteiger partial charge in [-0.25, -0.2) is 0 Å². The van der Waals surface area contributed by atoms with Crippen molar-refractivity contribution in [1.29, 1.82) is 0 Å². The molecule has 1 atom stereocenters. The van der Waals surface area contributed by atoms with Crippen LogP contribution >= 0.6 is 0 Å². The van der Waals surface area contributed by atoms with E-state index in [1.165, 1.54) is 94.6 Å². The molecule has 9 aromatic carbocycles. The molecule has 4 bridgehead atoms. The molecule has 66 heavy (non-hydrogen) atoms. The molecule has 3 aliphatic rings. The first-order chi connectivity index (χ1) is 31.9. The molecule has 0 radical (unpaired) electrons. The van der Waals surface area contributed by atoms with Crippen LogP contribution in [0, 0.1) is 0 Å². The Balaban J connectivity index is 1.22. The normalized spacial score (nSPS) is 17.0. The Bertz CT molecular complexity index is 3380. The lowest BCUT2D eigenvalue weighted by molar-refractivity contribution is 0.578. The minimum atomic E-state index is -0.651. The van der Waals surface area contributed by atoms with Crippen LogP contribution in [0.2, 0.25) is 0 Å². The van der Waals surface area contributed by atoms with Crippen molar-refractivity contribution in [3.8, 4) is 44.5 Å². The van der Waals surface area contributed by atoms with E-state index in [1.807, 2.05) is 0 Å². The van der Waals surface area contributed by atoms with Gasteiger partial charge in [-0.05, 0) is 136 Å². The number of anilines is 3. The second kappa shape index (κ2) is 14.4. The molecular formula is C65H55N. The van der Waals surface area contributed by atoms with Gasteiger partial charge in [0.1, 0.15) is 0 Å². The maximum Gasteiger partial charge on any atom is 0.0717 e. The maximum atomic E-state index is 2.59. The number of rotatable bonds is 4. The fraction of sp³-hybridized carbons (Fsp3) is 0.169. The van der Waals surface area contributed by atoms with Gasteiger partial charge in [0.2, 0.25) is 0 Å². The van der Waals surface area contributed by atoms with Gasteiger partial charge in [0.15, 0.2) is 0 Å². The smallest absolute Gasteiger partial charge is 0.0717 e. The molecule has 320 valence electrons.